The van der Waals surface area contributed by atoms with Crippen molar-refractivity contribution >= 4 is 11.9 Å². The lowest BCUT2D eigenvalue weighted by Gasteiger charge is -2.34. The van der Waals surface area contributed by atoms with Gasteiger partial charge in [0.05, 0.1) is 23.7 Å². The summed E-state index contributed by atoms with van der Waals surface area (Å²) in [5, 5.41) is 13.9. The summed E-state index contributed by atoms with van der Waals surface area (Å²) in [7, 11) is 0. The van der Waals surface area contributed by atoms with Gasteiger partial charge in [0.25, 0.3) is 0 Å². The molecule has 1 saturated heterocycles. The zero-order chi connectivity index (χ0) is 18.8. The van der Waals surface area contributed by atoms with E-state index in [4.69, 9.17) is 0 Å². The number of carboxylic acids is 1. The number of piperidine rings is 1. The predicted octanol–water partition coefficient (Wildman–Crippen LogP) is 2.60. The van der Waals surface area contributed by atoms with Gasteiger partial charge >= 0.3 is 5.97 Å². The molecule has 1 N–H and O–H groups in total. The molecule has 1 aromatic heterocycles. The second kappa shape index (κ2) is 7.32. The number of aromatic nitrogens is 2. The fourth-order valence-electron chi connectivity index (χ4n) is 3.75. The van der Waals surface area contributed by atoms with Crippen molar-refractivity contribution in [2.45, 2.75) is 33.6 Å². The normalized spacial score (nSPS) is 20.2. The highest BCUT2D eigenvalue weighted by Crippen LogP contribution is 2.24. The van der Waals surface area contributed by atoms with Crippen molar-refractivity contribution < 1.29 is 14.7 Å². The quantitative estimate of drug-likeness (QED) is 0.915. The van der Waals surface area contributed by atoms with Crippen LogP contribution in [0.3, 0.4) is 0 Å². The van der Waals surface area contributed by atoms with E-state index < -0.39 is 11.9 Å². The van der Waals surface area contributed by atoms with Crippen LogP contribution in [-0.2, 0) is 16.0 Å². The first-order valence-electron chi connectivity index (χ1n) is 8.98. The number of benzene rings is 1. The molecule has 138 valence electrons. The fourth-order valence-corrected chi connectivity index (χ4v) is 3.75. The van der Waals surface area contributed by atoms with Gasteiger partial charge in [-0.3, -0.25) is 9.59 Å². The molecule has 0 bridgehead atoms. The molecule has 2 atom stereocenters. The number of hydrogen-bond donors (Lipinski definition) is 1. The number of hydrogen-bond acceptors (Lipinski definition) is 3. The summed E-state index contributed by atoms with van der Waals surface area (Å²) in [5.74, 6) is -1.12. The van der Waals surface area contributed by atoms with Gasteiger partial charge in [0, 0.05) is 24.3 Å². The van der Waals surface area contributed by atoms with Gasteiger partial charge in [0.2, 0.25) is 5.91 Å². The van der Waals surface area contributed by atoms with E-state index in [1.165, 1.54) is 0 Å². The second-order valence-electron chi connectivity index (χ2n) is 7.25. The van der Waals surface area contributed by atoms with Crippen molar-refractivity contribution in [1.29, 1.82) is 0 Å². The van der Waals surface area contributed by atoms with Gasteiger partial charge in [-0.15, -0.1) is 0 Å². The van der Waals surface area contributed by atoms with Crippen molar-refractivity contribution in [2.24, 2.45) is 11.8 Å². The molecule has 6 heteroatoms. The Morgan fingerprint density at radius 3 is 2.54 bits per heavy atom. The van der Waals surface area contributed by atoms with Gasteiger partial charge in [0.15, 0.2) is 0 Å². The summed E-state index contributed by atoms with van der Waals surface area (Å²) in [4.78, 5) is 25.9. The van der Waals surface area contributed by atoms with Gasteiger partial charge in [0.1, 0.15) is 0 Å². The van der Waals surface area contributed by atoms with E-state index in [1.54, 1.807) is 4.90 Å². The van der Waals surface area contributed by atoms with Crippen LogP contribution in [0.2, 0.25) is 0 Å². The number of amides is 1. The van der Waals surface area contributed by atoms with E-state index in [1.807, 2.05) is 55.8 Å². The topological polar surface area (TPSA) is 75.4 Å². The molecule has 0 radical (unpaired) electrons. The molecule has 1 aliphatic heterocycles. The maximum absolute atomic E-state index is 12.8. The first-order chi connectivity index (χ1) is 12.4. The Morgan fingerprint density at radius 2 is 1.88 bits per heavy atom. The molecule has 2 heterocycles. The standard InChI is InChI=1S/C20H25N3O3/c1-13-9-16(20(25)26)12-22(11-13)19(24)10-18-14(2)21-23(15(18)3)17-7-5-4-6-8-17/h4-8,13,16H,9-12H2,1-3H3,(H,25,26). The average molecular weight is 355 g/mol. The molecule has 1 aliphatic rings. The van der Waals surface area contributed by atoms with E-state index in [-0.39, 0.29) is 18.2 Å². The highest BCUT2D eigenvalue weighted by atomic mass is 16.4. The molecule has 0 saturated carbocycles. The molecule has 0 aliphatic carbocycles. The summed E-state index contributed by atoms with van der Waals surface area (Å²) in [5.41, 5.74) is 3.66. The minimum atomic E-state index is -0.821. The van der Waals surface area contributed by atoms with Gasteiger partial charge in [-0.25, -0.2) is 4.68 Å². The smallest absolute Gasteiger partial charge is 0.308 e. The first kappa shape index (κ1) is 18.2. The van der Waals surface area contributed by atoms with E-state index in [0.717, 1.165) is 22.6 Å². The number of nitrogens with zero attached hydrogens (tertiary/aromatic N) is 3. The van der Waals surface area contributed by atoms with E-state index in [9.17, 15) is 14.7 Å². The van der Waals surface area contributed by atoms with Crippen LogP contribution >= 0.6 is 0 Å². The number of para-hydroxylation sites is 1. The van der Waals surface area contributed by atoms with Crippen molar-refractivity contribution in [1.82, 2.24) is 14.7 Å². The SMILES string of the molecule is Cc1nn(-c2ccccc2)c(C)c1CC(=O)N1CC(C)CC(C(=O)O)C1. The number of carbonyl (C=O) groups excluding carboxylic acids is 1. The fraction of sp³-hybridized carbons (Fsp3) is 0.450. The lowest BCUT2D eigenvalue weighted by atomic mass is 9.90. The van der Waals surface area contributed by atoms with Crippen LogP contribution in [0.15, 0.2) is 30.3 Å². The van der Waals surface area contributed by atoms with Crippen LogP contribution in [-0.4, -0.2) is 44.8 Å². The van der Waals surface area contributed by atoms with Crippen LogP contribution < -0.4 is 0 Å². The Balaban J connectivity index is 1.79. The van der Waals surface area contributed by atoms with E-state index in [2.05, 4.69) is 5.10 Å². The Bertz CT molecular complexity index is 813. The van der Waals surface area contributed by atoms with Gasteiger partial charge in [-0.1, -0.05) is 25.1 Å². The van der Waals surface area contributed by atoms with Crippen LogP contribution in [0, 0.1) is 25.7 Å². The molecular formula is C20H25N3O3. The van der Waals surface area contributed by atoms with Crippen molar-refractivity contribution in [3.8, 4) is 5.69 Å². The van der Waals surface area contributed by atoms with Gasteiger partial charge in [-0.2, -0.15) is 5.10 Å². The zero-order valence-electron chi connectivity index (χ0n) is 15.5. The molecule has 2 aromatic rings. The summed E-state index contributed by atoms with van der Waals surface area (Å²) >= 11 is 0. The van der Waals surface area contributed by atoms with Crippen LogP contribution in [0.1, 0.15) is 30.3 Å². The molecule has 26 heavy (non-hydrogen) atoms. The lowest BCUT2D eigenvalue weighted by Crippen LogP contribution is -2.46. The van der Waals surface area contributed by atoms with Crippen LogP contribution in [0.4, 0.5) is 0 Å². The molecule has 1 fully saturated rings. The third-order valence-corrected chi connectivity index (χ3v) is 5.13. The molecule has 0 spiro atoms. The molecule has 3 rings (SSSR count). The van der Waals surface area contributed by atoms with E-state index in [0.29, 0.717) is 19.5 Å². The summed E-state index contributed by atoms with van der Waals surface area (Å²) < 4.78 is 1.86. The summed E-state index contributed by atoms with van der Waals surface area (Å²) in [6.07, 6.45) is 0.882. The number of rotatable bonds is 4. The van der Waals surface area contributed by atoms with Crippen molar-refractivity contribution in [3.05, 3.63) is 47.3 Å². The minimum absolute atomic E-state index is 0.0263. The molecular weight excluding hydrogens is 330 g/mol. The Labute approximate surface area is 153 Å². The number of carboxylic acid groups (broad SMARTS) is 1. The molecule has 2 unspecified atom stereocenters. The zero-order valence-corrected chi connectivity index (χ0v) is 15.5. The maximum atomic E-state index is 12.8. The molecule has 1 amide bonds. The van der Waals surface area contributed by atoms with Crippen LogP contribution in [0.5, 0.6) is 0 Å². The highest BCUT2D eigenvalue weighted by Gasteiger charge is 2.32. The lowest BCUT2D eigenvalue weighted by molar-refractivity contribution is -0.146. The van der Waals surface area contributed by atoms with Crippen molar-refractivity contribution in [2.75, 3.05) is 13.1 Å². The predicted molar refractivity (Wildman–Crippen MR) is 98.2 cm³/mol. The van der Waals surface area contributed by atoms with Gasteiger partial charge in [-0.05, 0) is 38.3 Å². The number of aliphatic carboxylic acids is 1. The Hall–Kier alpha value is -2.63. The monoisotopic (exact) mass is 355 g/mol. The maximum Gasteiger partial charge on any atom is 0.308 e. The molecule has 1 aromatic carbocycles. The summed E-state index contributed by atoms with van der Waals surface area (Å²) in [6, 6.07) is 9.83. The number of likely N-dealkylation sites (tertiary alicyclic amines) is 1. The largest absolute Gasteiger partial charge is 0.481 e. The highest BCUT2D eigenvalue weighted by molar-refractivity contribution is 5.80. The minimum Gasteiger partial charge on any atom is -0.481 e. The molecule has 6 nitrogen and oxygen atoms in total. The first-order valence-corrected chi connectivity index (χ1v) is 8.98. The number of carbonyl (C=O) groups is 2. The Kier molecular flexibility index (Phi) is 5.11. The van der Waals surface area contributed by atoms with Crippen molar-refractivity contribution in [3.63, 3.8) is 0 Å². The Morgan fingerprint density at radius 1 is 1.19 bits per heavy atom. The van der Waals surface area contributed by atoms with E-state index >= 15 is 0 Å². The van der Waals surface area contributed by atoms with Crippen LogP contribution in [0.25, 0.3) is 5.69 Å². The third-order valence-electron chi connectivity index (χ3n) is 5.13. The number of aryl methyl sites for hydroxylation is 1. The summed E-state index contributed by atoms with van der Waals surface area (Å²) in [6.45, 7) is 6.79. The third kappa shape index (κ3) is 3.64. The van der Waals surface area contributed by atoms with Gasteiger partial charge < -0.3 is 10.0 Å². The second-order valence-corrected chi connectivity index (χ2v) is 7.25. The average Bonchev–Trinajstić information content (AvgIpc) is 2.90.